The van der Waals surface area contributed by atoms with Crippen LogP contribution in [0.15, 0.2) is 30.3 Å². The highest BCUT2D eigenvalue weighted by Gasteiger charge is 2.23. The molecule has 1 fully saturated rings. The molecule has 1 amide bonds. The van der Waals surface area contributed by atoms with Gasteiger partial charge in [-0.1, -0.05) is 29.8 Å². The smallest absolute Gasteiger partial charge is 0.242 e. The standard InChI is InChI=1S/C16H19ClN4O/c1-11-9-15(19-16(22)14-7-4-8-18-14)21(20-11)10-12-5-2-3-6-13(12)17/h2-3,5-6,9,14,18H,4,7-8,10H2,1H3,(H,19,22)/t14-/m0/s1. The first-order valence-corrected chi connectivity index (χ1v) is 7.83. The van der Waals surface area contributed by atoms with E-state index < -0.39 is 0 Å². The van der Waals surface area contributed by atoms with Crippen LogP contribution in [0, 0.1) is 6.92 Å². The molecular formula is C16H19ClN4O. The van der Waals surface area contributed by atoms with Crippen molar-refractivity contribution in [1.29, 1.82) is 0 Å². The summed E-state index contributed by atoms with van der Waals surface area (Å²) in [7, 11) is 0. The molecule has 1 atom stereocenters. The maximum atomic E-state index is 12.3. The van der Waals surface area contributed by atoms with E-state index in [1.54, 1.807) is 4.68 Å². The van der Waals surface area contributed by atoms with Crippen molar-refractivity contribution in [1.82, 2.24) is 15.1 Å². The predicted molar refractivity (Wildman–Crippen MR) is 87.2 cm³/mol. The molecule has 0 bridgehead atoms. The van der Waals surface area contributed by atoms with Crippen molar-refractivity contribution in [2.45, 2.75) is 32.4 Å². The fraction of sp³-hybridized carbons (Fsp3) is 0.375. The molecule has 3 rings (SSSR count). The minimum atomic E-state index is -0.107. The van der Waals surface area contributed by atoms with Crippen LogP contribution < -0.4 is 10.6 Å². The summed E-state index contributed by atoms with van der Waals surface area (Å²) in [6.45, 7) is 3.34. The summed E-state index contributed by atoms with van der Waals surface area (Å²) < 4.78 is 1.78. The molecule has 0 radical (unpaired) electrons. The van der Waals surface area contributed by atoms with Crippen LogP contribution in [0.5, 0.6) is 0 Å². The quantitative estimate of drug-likeness (QED) is 0.911. The summed E-state index contributed by atoms with van der Waals surface area (Å²) in [5, 5.41) is 11.3. The Labute approximate surface area is 134 Å². The van der Waals surface area contributed by atoms with Crippen molar-refractivity contribution in [3.05, 3.63) is 46.6 Å². The van der Waals surface area contributed by atoms with E-state index in [0.29, 0.717) is 17.4 Å². The van der Waals surface area contributed by atoms with Crippen LogP contribution >= 0.6 is 11.6 Å². The van der Waals surface area contributed by atoms with E-state index in [9.17, 15) is 4.79 Å². The molecule has 1 aliphatic heterocycles. The summed E-state index contributed by atoms with van der Waals surface area (Å²) >= 11 is 6.20. The lowest BCUT2D eigenvalue weighted by molar-refractivity contribution is -0.117. The first kappa shape index (κ1) is 15.1. The van der Waals surface area contributed by atoms with Gasteiger partial charge in [0.2, 0.25) is 5.91 Å². The minimum Gasteiger partial charge on any atom is -0.310 e. The average molecular weight is 319 g/mol. The Morgan fingerprint density at radius 1 is 1.50 bits per heavy atom. The number of benzene rings is 1. The molecule has 5 nitrogen and oxygen atoms in total. The zero-order valence-electron chi connectivity index (χ0n) is 12.5. The molecule has 1 aromatic heterocycles. The van der Waals surface area contributed by atoms with Crippen LogP contribution in [0.4, 0.5) is 5.82 Å². The summed E-state index contributed by atoms with van der Waals surface area (Å²) in [5.74, 6) is 0.703. The number of rotatable bonds is 4. The summed E-state index contributed by atoms with van der Waals surface area (Å²) in [5.41, 5.74) is 1.84. The number of carbonyl (C=O) groups excluding carboxylic acids is 1. The Kier molecular flexibility index (Phi) is 4.45. The lowest BCUT2D eigenvalue weighted by Gasteiger charge is -2.13. The van der Waals surface area contributed by atoms with E-state index in [-0.39, 0.29) is 11.9 Å². The van der Waals surface area contributed by atoms with Gasteiger partial charge in [-0.15, -0.1) is 0 Å². The number of nitrogens with zero attached hydrogens (tertiary/aromatic N) is 2. The highest BCUT2D eigenvalue weighted by Crippen LogP contribution is 2.19. The fourth-order valence-electron chi connectivity index (χ4n) is 2.68. The van der Waals surface area contributed by atoms with E-state index in [2.05, 4.69) is 15.7 Å². The third-order valence-corrected chi connectivity index (χ3v) is 4.18. The second kappa shape index (κ2) is 6.50. The van der Waals surface area contributed by atoms with Gasteiger partial charge in [-0.3, -0.25) is 4.79 Å². The van der Waals surface area contributed by atoms with Gasteiger partial charge >= 0.3 is 0 Å². The molecule has 22 heavy (non-hydrogen) atoms. The van der Waals surface area contributed by atoms with Crippen molar-refractivity contribution in [2.24, 2.45) is 0 Å². The average Bonchev–Trinajstić information content (AvgIpc) is 3.12. The van der Waals surface area contributed by atoms with Gasteiger partial charge in [0.05, 0.1) is 18.3 Å². The van der Waals surface area contributed by atoms with E-state index in [1.807, 2.05) is 37.3 Å². The van der Waals surface area contributed by atoms with E-state index in [1.165, 1.54) is 0 Å². The highest BCUT2D eigenvalue weighted by molar-refractivity contribution is 6.31. The molecular weight excluding hydrogens is 300 g/mol. The van der Waals surface area contributed by atoms with E-state index >= 15 is 0 Å². The van der Waals surface area contributed by atoms with Gasteiger partial charge in [0.25, 0.3) is 0 Å². The number of anilines is 1. The minimum absolute atomic E-state index is 0.00203. The molecule has 6 heteroatoms. The SMILES string of the molecule is Cc1cc(NC(=O)[C@@H]2CCCN2)n(Cc2ccccc2Cl)n1. The van der Waals surface area contributed by atoms with Gasteiger partial charge in [-0.05, 0) is 37.9 Å². The number of hydrogen-bond donors (Lipinski definition) is 2. The van der Waals surface area contributed by atoms with Crippen LogP contribution in [0.2, 0.25) is 5.02 Å². The van der Waals surface area contributed by atoms with Crippen molar-refractivity contribution in [3.63, 3.8) is 0 Å². The second-order valence-electron chi connectivity index (χ2n) is 5.56. The maximum absolute atomic E-state index is 12.3. The van der Waals surface area contributed by atoms with Gasteiger partial charge in [0.1, 0.15) is 5.82 Å². The molecule has 0 unspecified atom stereocenters. The molecule has 1 aromatic carbocycles. The van der Waals surface area contributed by atoms with Crippen molar-refractivity contribution in [3.8, 4) is 0 Å². The molecule has 0 saturated carbocycles. The van der Waals surface area contributed by atoms with Crippen molar-refractivity contribution >= 4 is 23.3 Å². The second-order valence-corrected chi connectivity index (χ2v) is 5.97. The van der Waals surface area contributed by atoms with Crippen LogP contribution in [0.3, 0.4) is 0 Å². The Morgan fingerprint density at radius 3 is 3.05 bits per heavy atom. The largest absolute Gasteiger partial charge is 0.310 e. The number of hydrogen-bond acceptors (Lipinski definition) is 3. The monoisotopic (exact) mass is 318 g/mol. The van der Waals surface area contributed by atoms with Crippen LogP contribution in [-0.2, 0) is 11.3 Å². The number of aryl methyl sites for hydroxylation is 1. The number of carbonyl (C=O) groups is 1. The Balaban J connectivity index is 1.77. The topological polar surface area (TPSA) is 59.0 Å². The van der Waals surface area contributed by atoms with Gasteiger partial charge in [0, 0.05) is 11.1 Å². The van der Waals surface area contributed by atoms with Gasteiger partial charge < -0.3 is 10.6 Å². The third kappa shape index (κ3) is 3.31. The Bertz CT molecular complexity index is 677. The van der Waals surface area contributed by atoms with Crippen LogP contribution in [-0.4, -0.2) is 28.3 Å². The van der Waals surface area contributed by atoms with Gasteiger partial charge in [-0.2, -0.15) is 5.10 Å². The number of aromatic nitrogens is 2. The van der Waals surface area contributed by atoms with Crippen LogP contribution in [0.25, 0.3) is 0 Å². The van der Waals surface area contributed by atoms with Gasteiger partial charge in [0.15, 0.2) is 0 Å². The summed E-state index contributed by atoms with van der Waals surface area (Å²) in [6, 6.07) is 9.43. The van der Waals surface area contributed by atoms with Gasteiger partial charge in [-0.25, -0.2) is 4.68 Å². The van der Waals surface area contributed by atoms with Crippen molar-refractivity contribution < 1.29 is 4.79 Å². The zero-order chi connectivity index (χ0) is 15.5. The Morgan fingerprint density at radius 2 is 2.32 bits per heavy atom. The lowest BCUT2D eigenvalue weighted by Crippen LogP contribution is -2.36. The molecule has 2 heterocycles. The first-order valence-electron chi connectivity index (χ1n) is 7.45. The van der Waals surface area contributed by atoms with Crippen molar-refractivity contribution in [2.75, 3.05) is 11.9 Å². The molecule has 116 valence electrons. The zero-order valence-corrected chi connectivity index (χ0v) is 13.2. The van der Waals surface area contributed by atoms with Crippen LogP contribution in [0.1, 0.15) is 24.1 Å². The number of halogens is 1. The number of nitrogens with one attached hydrogen (secondary N) is 2. The first-order chi connectivity index (χ1) is 10.6. The molecule has 1 saturated heterocycles. The van der Waals surface area contributed by atoms with E-state index in [0.717, 1.165) is 30.6 Å². The lowest BCUT2D eigenvalue weighted by atomic mass is 10.2. The number of amides is 1. The predicted octanol–water partition coefficient (Wildman–Crippen LogP) is 2.58. The molecule has 2 aromatic rings. The molecule has 2 N–H and O–H groups in total. The molecule has 1 aliphatic rings. The molecule has 0 spiro atoms. The highest BCUT2D eigenvalue weighted by atomic mass is 35.5. The maximum Gasteiger partial charge on any atom is 0.242 e. The fourth-order valence-corrected chi connectivity index (χ4v) is 2.87. The summed E-state index contributed by atoms with van der Waals surface area (Å²) in [6.07, 6.45) is 1.92. The summed E-state index contributed by atoms with van der Waals surface area (Å²) in [4.78, 5) is 12.3. The normalized spacial score (nSPS) is 17.6. The molecule has 0 aliphatic carbocycles. The Hall–Kier alpha value is -1.85. The third-order valence-electron chi connectivity index (χ3n) is 3.81. The van der Waals surface area contributed by atoms with E-state index in [4.69, 9.17) is 11.6 Å².